The minimum atomic E-state index is -0.182. The summed E-state index contributed by atoms with van der Waals surface area (Å²) >= 11 is 8.14. The molecule has 1 N–H and O–H groups in total. The number of rotatable bonds is 1. The fraction of sp³-hybridized carbons (Fsp3) is 0.231. The number of aromatic amines is 1. The average Bonchev–Trinajstić information content (AvgIpc) is 2.67. The van der Waals surface area contributed by atoms with Crippen LogP contribution in [0.25, 0.3) is 11.4 Å². The number of hydrogen-bond donors (Lipinski definition) is 1. The van der Waals surface area contributed by atoms with Gasteiger partial charge in [0.1, 0.15) is 5.82 Å². The van der Waals surface area contributed by atoms with E-state index in [4.69, 9.17) is 21.1 Å². The summed E-state index contributed by atoms with van der Waals surface area (Å²) in [4.78, 5) is 18.6. The molecule has 1 aromatic carbocycles. The lowest BCUT2D eigenvalue weighted by Crippen LogP contribution is -2.11. The zero-order chi connectivity index (χ0) is 14.1. The van der Waals surface area contributed by atoms with E-state index in [1.54, 1.807) is 12.1 Å². The van der Waals surface area contributed by atoms with Gasteiger partial charge < -0.3 is 14.5 Å². The van der Waals surface area contributed by atoms with E-state index in [-0.39, 0.29) is 5.56 Å². The standard InChI is InChI=1S/C13H10ClIN2O3/c14-8-4-7(12-16-6-9(15)13(18)17-12)5-10-11(8)20-3-1-2-19-10/h4-6H,1-3H2,(H,16,17,18). The maximum atomic E-state index is 11.6. The fourth-order valence-corrected chi connectivity index (χ4v) is 2.43. The van der Waals surface area contributed by atoms with Crippen LogP contribution in [0.2, 0.25) is 5.02 Å². The zero-order valence-corrected chi connectivity index (χ0v) is 13.2. The molecule has 0 saturated heterocycles. The summed E-state index contributed by atoms with van der Waals surface area (Å²) in [6, 6.07) is 3.48. The summed E-state index contributed by atoms with van der Waals surface area (Å²) in [7, 11) is 0. The fourth-order valence-electron chi connectivity index (χ4n) is 1.89. The summed E-state index contributed by atoms with van der Waals surface area (Å²) in [5, 5.41) is 0.445. The first-order valence-electron chi connectivity index (χ1n) is 5.99. The minimum Gasteiger partial charge on any atom is -0.489 e. The molecule has 3 rings (SSSR count). The first-order valence-corrected chi connectivity index (χ1v) is 7.45. The van der Waals surface area contributed by atoms with Crippen LogP contribution in [-0.4, -0.2) is 23.2 Å². The van der Waals surface area contributed by atoms with E-state index in [0.29, 0.717) is 44.7 Å². The second-order valence-corrected chi connectivity index (χ2v) is 5.81. The van der Waals surface area contributed by atoms with Crippen LogP contribution in [0.15, 0.2) is 23.1 Å². The summed E-state index contributed by atoms with van der Waals surface area (Å²) in [6.07, 6.45) is 2.32. The molecule has 1 aromatic heterocycles. The lowest BCUT2D eigenvalue weighted by molar-refractivity contribution is 0.297. The van der Waals surface area contributed by atoms with Gasteiger partial charge in [-0.05, 0) is 34.7 Å². The van der Waals surface area contributed by atoms with E-state index >= 15 is 0 Å². The van der Waals surface area contributed by atoms with Gasteiger partial charge in [0.2, 0.25) is 0 Å². The second-order valence-electron chi connectivity index (χ2n) is 4.24. The number of fused-ring (bicyclic) bond motifs is 1. The molecule has 2 heterocycles. The lowest BCUT2D eigenvalue weighted by Gasteiger charge is -2.11. The van der Waals surface area contributed by atoms with Gasteiger partial charge in [-0.1, -0.05) is 11.6 Å². The number of ether oxygens (including phenoxy) is 2. The van der Waals surface area contributed by atoms with Gasteiger partial charge in [0.15, 0.2) is 11.5 Å². The Morgan fingerprint density at radius 1 is 1.30 bits per heavy atom. The van der Waals surface area contributed by atoms with Gasteiger partial charge in [-0.15, -0.1) is 0 Å². The van der Waals surface area contributed by atoms with Gasteiger partial charge >= 0.3 is 0 Å². The molecule has 0 aliphatic carbocycles. The molecule has 0 radical (unpaired) electrons. The van der Waals surface area contributed by atoms with Crippen molar-refractivity contribution in [2.75, 3.05) is 13.2 Å². The molecular weight excluding hydrogens is 395 g/mol. The Hall–Kier alpha value is -1.28. The molecule has 0 unspecified atom stereocenters. The third-order valence-corrected chi connectivity index (χ3v) is 3.88. The predicted octanol–water partition coefficient (Wildman–Crippen LogP) is 2.86. The monoisotopic (exact) mass is 404 g/mol. The van der Waals surface area contributed by atoms with Gasteiger partial charge in [0.25, 0.3) is 5.56 Å². The van der Waals surface area contributed by atoms with Crippen molar-refractivity contribution in [2.45, 2.75) is 6.42 Å². The highest BCUT2D eigenvalue weighted by Crippen LogP contribution is 2.39. The quantitative estimate of drug-likeness (QED) is 0.743. The normalized spacial score (nSPS) is 13.9. The van der Waals surface area contributed by atoms with Crippen LogP contribution in [0.4, 0.5) is 0 Å². The molecule has 104 valence electrons. The van der Waals surface area contributed by atoms with Crippen molar-refractivity contribution < 1.29 is 9.47 Å². The van der Waals surface area contributed by atoms with Crippen LogP contribution in [0.5, 0.6) is 11.5 Å². The molecule has 0 atom stereocenters. The third kappa shape index (κ3) is 2.62. The van der Waals surface area contributed by atoms with E-state index in [0.717, 1.165) is 6.42 Å². The Morgan fingerprint density at radius 3 is 2.90 bits per heavy atom. The van der Waals surface area contributed by atoms with Crippen molar-refractivity contribution in [2.24, 2.45) is 0 Å². The summed E-state index contributed by atoms with van der Waals surface area (Å²) in [5.41, 5.74) is 0.506. The highest BCUT2D eigenvalue weighted by molar-refractivity contribution is 14.1. The minimum absolute atomic E-state index is 0.182. The topological polar surface area (TPSA) is 64.2 Å². The Balaban J connectivity index is 2.10. The highest BCUT2D eigenvalue weighted by Gasteiger charge is 2.17. The second kappa shape index (κ2) is 5.61. The largest absolute Gasteiger partial charge is 0.489 e. The van der Waals surface area contributed by atoms with Crippen molar-refractivity contribution in [1.29, 1.82) is 0 Å². The zero-order valence-electron chi connectivity index (χ0n) is 10.3. The molecule has 0 spiro atoms. The molecular formula is C13H10ClIN2O3. The SMILES string of the molecule is O=c1[nH]c(-c2cc(Cl)c3c(c2)OCCCO3)ncc1I. The van der Waals surface area contributed by atoms with E-state index in [1.807, 2.05) is 22.6 Å². The van der Waals surface area contributed by atoms with Crippen molar-refractivity contribution in [3.05, 3.63) is 37.3 Å². The van der Waals surface area contributed by atoms with E-state index < -0.39 is 0 Å². The van der Waals surface area contributed by atoms with Gasteiger partial charge in [0, 0.05) is 18.2 Å². The maximum absolute atomic E-state index is 11.6. The van der Waals surface area contributed by atoms with Gasteiger partial charge in [0.05, 0.1) is 21.8 Å². The average molecular weight is 405 g/mol. The number of aromatic nitrogens is 2. The number of nitrogens with zero attached hydrogens (tertiary/aromatic N) is 1. The summed E-state index contributed by atoms with van der Waals surface area (Å²) in [5.74, 6) is 1.57. The van der Waals surface area contributed by atoms with Crippen molar-refractivity contribution in [3.8, 4) is 22.9 Å². The molecule has 0 saturated carbocycles. The first-order chi connectivity index (χ1) is 9.65. The summed E-state index contributed by atoms with van der Waals surface area (Å²) in [6.45, 7) is 1.15. The molecule has 20 heavy (non-hydrogen) atoms. The third-order valence-electron chi connectivity index (χ3n) is 2.83. The number of halogens is 2. The molecule has 0 amide bonds. The molecule has 5 nitrogen and oxygen atoms in total. The molecule has 0 bridgehead atoms. The molecule has 2 aromatic rings. The predicted molar refractivity (Wildman–Crippen MR) is 83.6 cm³/mol. The Bertz CT molecular complexity index is 717. The van der Waals surface area contributed by atoms with Crippen LogP contribution in [0.3, 0.4) is 0 Å². The van der Waals surface area contributed by atoms with E-state index in [1.165, 1.54) is 6.20 Å². The molecule has 0 fully saturated rings. The smallest absolute Gasteiger partial charge is 0.264 e. The molecule has 1 aliphatic heterocycles. The van der Waals surface area contributed by atoms with Crippen LogP contribution in [-0.2, 0) is 0 Å². The van der Waals surface area contributed by atoms with Crippen molar-refractivity contribution in [3.63, 3.8) is 0 Å². The number of hydrogen-bond acceptors (Lipinski definition) is 4. The van der Waals surface area contributed by atoms with Crippen LogP contribution >= 0.6 is 34.2 Å². The number of benzene rings is 1. The summed E-state index contributed by atoms with van der Waals surface area (Å²) < 4.78 is 11.7. The Labute approximate surface area is 133 Å². The number of nitrogens with one attached hydrogen (secondary N) is 1. The van der Waals surface area contributed by atoms with Crippen molar-refractivity contribution >= 4 is 34.2 Å². The maximum Gasteiger partial charge on any atom is 0.264 e. The van der Waals surface area contributed by atoms with Crippen molar-refractivity contribution in [1.82, 2.24) is 9.97 Å². The van der Waals surface area contributed by atoms with Crippen LogP contribution in [0.1, 0.15) is 6.42 Å². The van der Waals surface area contributed by atoms with E-state index in [9.17, 15) is 4.79 Å². The van der Waals surface area contributed by atoms with Crippen LogP contribution < -0.4 is 15.0 Å². The lowest BCUT2D eigenvalue weighted by atomic mass is 10.2. The Morgan fingerprint density at radius 2 is 2.10 bits per heavy atom. The van der Waals surface area contributed by atoms with Gasteiger partial charge in [-0.3, -0.25) is 4.79 Å². The van der Waals surface area contributed by atoms with Gasteiger partial charge in [-0.2, -0.15) is 0 Å². The van der Waals surface area contributed by atoms with Crippen LogP contribution in [0, 0.1) is 3.57 Å². The first kappa shape index (κ1) is 13.7. The number of H-pyrrole nitrogens is 1. The molecule has 1 aliphatic rings. The van der Waals surface area contributed by atoms with Gasteiger partial charge in [-0.25, -0.2) is 4.98 Å². The van der Waals surface area contributed by atoms with E-state index in [2.05, 4.69) is 9.97 Å². The highest BCUT2D eigenvalue weighted by atomic mass is 127. The molecule has 7 heteroatoms. The Kier molecular flexibility index (Phi) is 3.84.